The van der Waals surface area contributed by atoms with Crippen molar-refractivity contribution in [2.45, 2.75) is 32.8 Å². The number of hydrogen-bond donors (Lipinski definition) is 1. The summed E-state index contributed by atoms with van der Waals surface area (Å²) in [4.78, 5) is 14.6. The summed E-state index contributed by atoms with van der Waals surface area (Å²) >= 11 is 0. The zero-order chi connectivity index (χ0) is 15.2. The highest BCUT2D eigenvalue weighted by Crippen LogP contribution is 2.27. The van der Waals surface area contributed by atoms with E-state index in [0.29, 0.717) is 17.9 Å². The third kappa shape index (κ3) is 3.18. The number of nitrogens with zero attached hydrogens (tertiary/aromatic N) is 4. The zero-order valence-corrected chi connectivity index (χ0v) is 11.9. The van der Waals surface area contributed by atoms with Crippen LogP contribution in [0.1, 0.15) is 25.8 Å². The number of H-pyrrole nitrogens is 1. The van der Waals surface area contributed by atoms with Crippen molar-refractivity contribution in [2.75, 3.05) is 0 Å². The van der Waals surface area contributed by atoms with E-state index in [4.69, 9.17) is 16.6 Å². The summed E-state index contributed by atoms with van der Waals surface area (Å²) < 4.78 is 5.82. The molecule has 21 heavy (non-hydrogen) atoms. The van der Waals surface area contributed by atoms with Gasteiger partial charge >= 0.3 is 0 Å². The van der Waals surface area contributed by atoms with Crippen molar-refractivity contribution >= 4 is 11.0 Å². The fourth-order valence-corrected chi connectivity index (χ4v) is 1.84. The van der Waals surface area contributed by atoms with E-state index >= 15 is 0 Å². The van der Waals surface area contributed by atoms with E-state index in [-0.39, 0.29) is 11.8 Å². The molecule has 2 aromatic heterocycles. The van der Waals surface area contributed by atoms with Gasteiger partial charge in [0, 0.05) is 6.20 Å². The van der Waals surface area contributed by atoms with Gasteiger partial charge in [0.05, 0.1) is 24.1 Å². The number of aromatic nitrogens is 3. The molecular weight excluding hydrogens is 266 g/mol. The van der Waals surface area contributed by atoms with Crippen LogP contribution in [0.5, 0.6) is 5.88 Å². The van der Waals surface area contributed by atoms with Gasteiger partial charge in [-0.05, 0) is 25.3 Å². The van der Waals surface area contributed by atoms with Gasteiger partial charge in [-0.1, -0.05) is 13.0 Å². The third-order valence-electron chi connectivity index (χ3n) is 3.15. The number of rotatable bonds is 5. The molecule has 2 heterocycles. The van der Waals surface area contributed by atoms with E-state index in [9.17, 15) is 0 Å². The first-order chi connectivity index (χ1) is 10.2. The SMILES string of the molecule is [C-]#[N+]/C(C#N)=C\Cc1c[nH]c2ncnc(OC(C)CC)c12. The highest BCUT2D eigenvalue weighted by Gasteiger charge is 2.13. The number of nitrogens with one attached hydrogen (secondary N) is 1. The van der Waals surface area contributed by atoms with Crippen molar-refractivity contribution in [3.05, 3.63) is 41.3 Å². The smallest absolute Gasteiger partial charge is 0.258 e. The number of allylic oxidation sites excluding steroid dienone is 2. The molecule has 0 radical (unpaired) electrons. The number of hydrogen-bond acceptors (Lipinski definition) is 4. The maximum absolute atomic E-state index is 8.78. The van der Waals surface area contributed by atoms with Gasteiger partial charge in [-0.3, -0.25) is 0 Å². The van der Waals surface area contributed by atoms with Crippen LogP contribution < -0.4 is 4.74 Å². The maximum atomic E-state index is 8.78. The Morgan fingerprint density at radius 2 is 2.43 bits per heavy atom. The Morgan fingerprint density at radius 1 is 1.62 bits per heavy atom. The second kappa shape index (κ2) is 6.53. The van der Waals surface area contributed by atoms with E-state index < -0.39 is 0 Å². The lowest BCUT2D eigenvalue weighted by atomic mass is 10.1. The normalized spacial score (nSPS) is 12.7. The van der Waals surface area contributed by atoms with E-state index in [2.05, 4.69) is 19.8 Å². The molecule has 0 aliphatic carbocycles. The quantitative estimate of drug-likeness (QED) is 0.675. The molecule has 2 aromatic rings. The fraction of sp³-hybridized carbons (Fsp3) is 0.333. The maximum Gasteiger partial charge on any atom is 0.258 e. The Bertz CT molecular complexity index is 731. The molecule has 0 aliphatic heterocycles. The molecule has 0 aliphatic rings. The minimum absolute atomic E-state index is 0.0549. The van der Waals surface area contributed by atoms with Gasteiger partial charge in [-0.25, -0.2) is 20.1 Å². The highest BCUT2D eigenvalue weighted by atomic mass is 16.5. The van der Waals surface area contributed by atoms with Crippen LogP contribution in [0.3, 0.4) is 0 Å². The van der Waals surface area contributed by atoms with Crippen molar-refractivity contribution in [3.63, 3.8) is 0 Å². The van der Waals surface area contributed by atoms with Gasteiger partial charge in [0.25, 0.3) is 5.70 Å². The summed E-state index contributed by atoms with van der Waals surface area (Å²) in [6.45, 7) is 10.9. The monoisotopic (exact) mass is 281 g/mol. The number of nitriles is 1. The van der Waals surface area contributed by atoms with Gasteiger partial charge in [0.15, 0.2) is 0 Å². The lowest BCUT2D eigenvalue weighted by molar-refractivity contribution is 0.211. The zero-order valence-electron chi connectivity index (χ0n) is 11.9. The van der Waals surface area contributed by atoms with Gasteiger partial charge in [0.2, 0.25) is 5.88 Å². The van der Waals surface area contributed by atoms with Crippen molar-refractivity contribution in [2.24, 2.45) is 0 Å². The standard InChI is InChI=1S/C15H15N5O/c1-4-10(2)21-15-13-11(5-6-12(7-16)17-3)8-18-14(13)19-9-20-15/h6,8-10H,4-5H2,1-2H3,(H,18,19,20)/b12-6-. The summed E-state index contributed by atoms with van der Waals surface area (Å²) in [7, 11) is 0. The van der Waals surface area contributed by atoms with Crippen LogP contribution in [-0.4, -0.2) is 21.1 Å². The van der Waals surface area contributed by atoms with Crippen LogP contribution in [-0.2, 0) is 6.42 Å². The lowest BCUT2D eigenvalue weighted by Crippen LogP contribution is -2.11. The molecule has 1 N–H and O–H groups in total. The Hall–Kier alpha value is -2.86. The molecule has 0 amide bonds. The number of fused-ring (bicyclic) bond motifs is 1. The van der Waals surface area contributed by atoms with Crippen LogP contribution >= 0.6 is 0 Å². The molecule has 0 saturated heterocycles. The van der Waals surface area contributed by atoms with Gasteiger partial charge < -0.3 is 9.72 Å². The van der Waals surface area contributed by atoms with E-state index in [1.807, 2.05) is 19.9 Å². The Balaban J connectivity index is 2.40. The summed E-state index contributed by atoms with van der Waals surface area (Å²) in [6, 6.07) is 1.85. The Morgan fingerprint density at radius 3 is 3.10 bits per heavy atom. The van der Waals surface area contributed by atoms with Crippen LogP contribution in [0.25, 0.3) is 15.9 Å². The summed E-state index contributed by atoms with van der Waals surface area (Å²) in [5.74, 6) is 0.528. The average molecular weight is 281 g/mol. The van der Waals surface area contributed by atoms with Crippen LogP contribution in [0, 0.1) is 17.9 Å². The molecule has 0 bridgehead atoms. The third-order valence-corrected chi connectivity index (χ3v) is 3.15. The second-order valence-electron chi connectivity index (χ2n) is 4.57. The van der Waals surface area contributed by atoms with Gasteiger partial charge in [0.1, 0.15) is 12.0 Å². The van der Waals surface area contributed by atoms with Crippen LogP contribution in [0.15, 0.2) is 24.3 Å². The number of aromatic amines is 1. The van der Waals surface area contributed by atoms with Crippen molar-refractivity contribution in [1.29, 1.82) is 5.26 Å². The van der Waals surface area contributed by atoms with Crippen molar-refractivity contribution in [3.8, 4) is 11.9 Å². The minimum Gasteiger partial charge on any atom is -0.474 e. The topological polar surface area (TPSA) is 79.0 Å². The highest BCUT2D eigenvalue weighted by molar-refractivity contribution is 5.84. The predicted octanol–water partition coefficient (Wildman–Crippen LogP) is 3.00. The Kier molecular flexibility index (Phi) is 4.53. The first-order valence-corrected chi connectivity index (χ1v) is 6.64. The molecule has 6 nitrogen and oxygen atoms in total. The molecule has 2 rings (SSSR count). The lowest BCUT2D eigenvalue weighted by Gasteiger charge is -2.12. The Labute approximate surface area is 122 Å². The molecule has 0 saturated carbocycles. The summed E-state index contributed by atoms with van der Waals surface area (Å²) in [6.07, 6.45) is 6.24. The number of ether oxygens (including phenoxy) is 1. The molecule has 1 atom stereocenters. The molecule has 106 valence electrons. The summed E-state index contributed by atoms with van der Waals surface area (Å²) in [5.41, 5.74) is 1.67. The second-order valence-corrected chi connectivity index (χ2v) is 4.57. The van der Waals surface area contributed by atoms with Crippen LogP contribution in [0.4, 0.5) is 0 Å². The molecule has 0 spiro atoms. The average Bonchev–Trinajstić information content (AvgIpc) is 2.92. The first kappa shape index (κ1) is 14.5. The van der Waals surface area contributed by atoms with Gasteiger partial charge in [-0.2, -0.15) is 0 Å². The predicted molar refractivity (Wildman–Crippen MR) is 78.3 cm³/mol. The first-order valence-electron chi connectivity index (χ1n) is 6.64. The fourth-order valence-electron chi connectivity index (χ4n) is 1.84. The molecule has 0 aromatic carbocycles. The van der Waals surface area contributed by atoms with Gasteiger partial charge in [-0.15, -0.1) is 0 Å². The molecule has 1 unspecified atom stereocenters. The van der Waals surface area contributed by atoms with Crippen molar-refractivity contribution in [1.82, 2.24) is 15.0 Å². The molecule has 0 fully saturated rings. The van der Waals surface area contributed by atoms with Crippen LogP contribution in [0.2, 0.25) is 0 Å². The minimum atomic E-state index is 0.0549. The van der Waals surface area contributed by atoms with E-state index in [1.54, 1.807) is 12.3 Å². The van der Waals surface area contributed by atoms with Crippen molar-refractivity contribution < 1.29 is 4.74 Å². The van der Waals surface area contributed by atoms with E-state index in [0.717, 1.165) is 17.4 Å². The molecular formula is C15H15N5O. The largest absolute Gasteiger partial charge is 0.474 e. The summed E-state index contributed by atoms with van der Waals surface area (Å²) in [5, 5.41) is 9.59. The molecule has 6 heteroatoms. The van der Waals surface area contributed by atoms with E-state index in [1.165, 1.54) is 6.33 Å².